The van der Waals surface area contributed by atoms with Crippen molar-refractivity contribution in [2.24, 2.45) is 17.8 Å². The van der Waals surface area contributed by atoms with Crippen LogP contribution in [-0.4, -0.2) is 45.7 Å². The zero-order valence-electron chi connectivity index (χ0n) is 18.1. The molecule has 6 rings (SSSR count). The third-order valence-electron chi connectivity index (χ3n) is 7.92. The van der Waals surface area contributed by atoms with E-state index in [2.05, 4.69) is 57.3 Å². The van der Waals surface area contributed by atoms with Gasteiger partial charge in [0.1, 0.15) is 0 Å². The summed E-state index contributed by atoms with van der Waals surface area (Å²) in [7, 11) is 0. The molecule has 3 aliphatic carbocycles. The number of aryl methyl sites for hydroxylation is 1. The Labute approximate surface area is 179 Å². The van der Waals surface area contributed by atoms with E-state index in [4.69, 9.17) is 4.74 Å². The molecule has 5 heteroatoms. The molecule has 1 aromatic heterocycles. The summed E-state index contributed by atoms with van der Waals surface area (Å²) >= 11 is 0. The molecule has 1 saturated heterocycles. The van der Waals surface area contributed by atoms with Gasteiger partial charge in [0, 0.05) is 38.4 Å². The molecule has 0 bridgehead atoms. The maximum absolute atomic E-state index is 6.53. The van der Waals surface area contributed by atoms with Crippen LogP contribution in [-0.2, 0) is 11.3 Å². The first kappa shape index (κ1) is 19.0. The van der Waals surface area contributed by atoms with Gasteiger partial charge in [0.05, 0.1) is 17.8 Å². The minimum atomic E-state index is 0.291. The maximum Gasteiger partial charge on any atom is 0.0858 e. The molecule has 1 aromatic carbocycles. The summed E-state index contributed by atoms with van der Waals surface area (Å²) in [5.41, 5.74) is 4.08. The smallest absolute Gasteiger partial charge is 0.0858 e. The number of hydrogen-bond donors (Lipinski definition) is 0. The Bertz CT molecular complexity index is 887. The minimum absolute atomic E-state index is 0.291. The molecule has 0 spiro atoms. The third kappa shape index (κ3) is 3.94. The predicted molar refractivity (Wildman–Crippen MR) is 116 cm³/mol. The molecule has 2 aromatic rings. The van der Waals surface area contributed by atoms with Crippen LogP contribution in [0, 0.1) is 24.7 Å². The monoisotopic (exact) mass is 406 g/mol. The third-order valence-corrected chi connectivity index (χ3v) is 7.92. The SMILES string of the molecule is Cc1ccccc1CN1C[C@H]2C[C@@H](n3cc(C4CC4)nn3)[C@H](OCC3CC3)C[C@H]2C1. The number of hydrogen-bond acceptors (Lipinski definition) is 4. The van der Waals surface area contributed by atoms with Gasteiger partial charge in [-0.1, -0.05) is 29.5 Å². The van der Waals surface area contributed by atoms with Crippen LogP contribution in [0.25, 0.3) is 0 Å². The van der Waals surface area contributed by atoms with E-state index in [1.54, 1.807) is 0 Å². The second kappa shape index (κ2) is 7.76. The van der Waals surface area contributed by atoms with Crippen molar-refractivity contribution in [1.29, 1.82) is 0 Å². The summed E-state index contributed by atoms with van der Waals surface area (Å²) in [6, 6.07) is 9.19. The number of rotatable bonds is 7. The van der Waals surface area contributed by atoms with Crippen molar-refractivity contribution in [3.63, 3.8) is 0 Å². The average molecular weight is 407 g/mol. The number of aromatic nitrogens is 3. The molecule has 1 aliphatic heterocycles. The Morgan fingerprint density at radius 3 is 2.60 bits per heavy atom. The Morgan fingerprint density at radius 1 is 1.03 bits per heavy atom. The van der Waals surface area contributed by atoms with Crippen molar-refractivity contribution >= 4 is 0 Å². The molecule has 0 radical (unpaired) electrons. The van der Waals surface area contributed by atoms with Crippen LogP contribution in [0.15, 0.2) is 30.5 Å². The Balaban J connectivity index is 1.17. The Morgan fingerprint density at radius 2 is 1.83 bits per heavy atom. The summed E-state index contributed by atoms with van der Waals surface area (Å²) in [5, 5.41) is 9.09. The molecule has 3 saturated carbocycles. The van der Waals surface area contributed by atoms with Gasteiger partial charge in [0.2, 0.25) is 0 Å². The second-order valence-corrected chi connectivity index (χ2v) is 10.4. The number of fused-ring (bicyclic) bond motifs is 1. The van der Waals surface area contributed by atoms with Crippen LogP contribution in [0.1, 0.15) is 67.3 Å². The lowest BCUT2D eigenvalue weighted by Gasteiger charge is -2.37. The number of benzene rings is 1. The van der Waals surface area contributed by atoms with Crippen LogP contribution >= 0.6 is 0 Å². The van der Waals surface area contributed by atoms with Crippen LogP contribution in [0.4, 0.5) is 0 Å². The molecular weight excluding hydrogens is 372 g/mol. The highest BCUT2D eigenvalue weighted by molar-refractivity contribution is 5.25. The summed E-state index contributed by atoms with van der Waals surface area (Å²) < 4.78 is 8.71. The lowest BCUT2D eigenvalue weighted by molar-refractivity contribution is -0.0375. The topological polar surface area (TPSA) is 43.2 Å². The van der Waals surface area contributed by atoms with Gasteiger partial charge in [-0.3, -0.25) is 4.90 Å². The van der Waals surface area contributed by atoms with Gasteiger partial charge in [0.15, 0.2) is 0 Å². The largest absolute Gasteiger partial charge is 0.376 e. The summed E-state index contributed by atoms with van der Waals surface area (Å²) in [4.78, 5) is 2.68. The first-order valence-corrected chi connectivity index (χ1v) is 12.0. The average Bonchev–Trinajstić information content (AvgIpc) is 3.68. The first-order valence-electron chi connectivity index (χ1n) is 12.0. The first-order chi connectivity index (χ1) is 14.7. The Kier molecular flexibility index (Phi) is 4.91. The van der Waals surface area contributed by atoms with Gasteiger partial charge in [-0.2, -0.15) is 0 Å². The number of ether oxygens (including phenoxy) is 1. The van der Waals surface area contributed by atoms with Crippen LogP contribution in [0.3, 0.4) is 0 Å². The van der Waals surface area contributed by atoms with Crippen molar-refractivity contribution in [2.75, 3.05) is 19.7 Å². The zero-order valence-corrected chi connectivity index (χ0v) is 18.1. The van der Waals surface area contributed by atoms with Crippen molar-refractivity contribution in [2.45, 2.75) is 70.1 Å². The molecule has 160 valence electrons. The highest BCUT2D eigenvalue weighted by Crippen LogP contribution is 2.44. The minimum Gasteiger partial charge on any atom is -0.376 e. The van der Waals surface area contributed by atoms with E-state index < -0.39 is 0 Å². The molecule has 2 heterocycles. The summed E-state index contributed by atoms with van der Waals surface area (Å²) in [5.74, 6) is 2.97. The summed E-state index contributed by atoms with van der Waals surface area (Å²) in [6.45, 7) is 6.66. The zero-order chi connectivity index (χ0) is 20.1. The van der Waals surface area contributed by atoms with Crippen LogP contribution < -0.4 is 0 Å². The van der Waals surface area contributed by atoms with E-state index in [-0.39, 0.29) is 0 Å². The molecule has 4 fully saturated rings. The van der Waals surface area contributed by atoms with E-state index in [0.29, 0.717) is 18.1 Å². The molecule has 5 nitrogen and oxygen atoms in total. The second-order valence-electron chi connectivity index (χ2n) is 10.4. The van der Waals surface area contributed by atoms with E-state index in [1.165, 1.54) is 68.4 Å². The predicted octanol–water partition coefficient (Wildman–Crippen LogP) is 4.34. The molecule has 30 heavy (non-hydrogen) atoms. The van der Waals surface area contributed by atoms with E-state index >= 15 is 0 Å². The van der Waals surface area contributed by atoms with Crippen LogP contribution in [0.2, 0.25) is 0 Å². The standard InChI is InChI=1S/C25H34N4O/c1-17-4-2-3-5-20(17)12-28-13-21-10-24(29-15-23(26-27-29)19-8-9-19)25(11-22(21)14-28)30-16-18-6-7-18/h2-5,15,18-19,21-22,24-25H,6-14,16H2,1H3/t21-,22+,24-,25-/m1/s1. The van der Waals surface area contributed by atoms with E-state index in [9.17, 15) is 0 Å². The van der Waals surface area contributed by atoms with Crippen molar-refractivity contribution in [3.05, 3.63) is 47.3 Å². The van der Waals surface area contributed by atoms with Gasteiger partial charge in [-0.25, -0.2) is 4.68 Å². The molecule has 0 amide bonds. The fourth-order valence-electron chi connectivity index (χ4n) is 5.67. The molecule has 4 atom stereocenters. The highest BCUT2D eigenvalue weighted by Gasteiger charge is 2.44. The fourth-order valence-corrected chi connectivity index (χ4v) is 5.67. The normalized spacial score (nSPS) is 31.8. The van der Waals surface area contributed by atoms with Crippen molar-refractivity contribution < 1.29 is 4.74 Å². The summed E-state index contributed by atoms with van der Waals surface area (Å²) in [6.07, 6.45) is 10.1. The fraction of sp³-hybridized carbons (Fsp3) is 0.680. The number of likely N-dealkylation sites (tertiary alicyclic amines) is 1. The number of nitrogens with zero attached hydrogens (tertiary/aromatic N) is 4. The molecular formula is C25H34N4O. The lowest BCUT2D eigenvalue weighted by atomic mass is 9.77. The van der Waals surface area contributed by atoms with Gasteiger partial charge >= 0.3 is 0 Å². The molecule has 4 aliphatic rings. The van der Waals surface area contributed by atoms with Gasteiger partial charge in [-0.15, -0.1) is 5.10 Å². The van der Waals surface area contributed by atoms with Crippen molar-refractivity contribution in [3.8, 4) is 0 Å². The highest BCUT2D eigenvalue weighted by atomic mass is 16.5. The van der Waals surface area contributed by atoms with Crippen molar-refractivity contribution in [1.82, 2.24) is 19.9 Å². The quantitative estimate of drug-likeness (QED) is 0.686. The maximum atomic E-state index is 6.53. The Hall–Kier alpha value is -1.72. The molecule has 0 unspecified atom stereocenters. The van der Waals surface area contributed by atoms with Gasteiger partial charge in [0.25, 0.3) is 0 Å². The van der Waals surface area contributed by atoms with E-state index in [1.807, 2.05) is 0 Å². The lowest BCUT2D eigenvalue weighted by Crippen LogP contribution is -2.38. The van der Waals surface area contributed by atoms with E-state index in [0.717, 1.165) is 30.9 Å². The molecule has 0 N–H and O–H groups in total. The van der Waals surface area contributed by atoms with Gasteiger partial charge < -0.3 is 4.74 Å². The van der Waals surface area contributed by atoms with Gasteiger partial charge in [-0.05, 0) is 74.3 Å². The van der Waals surface area contributed by atoms with Crippen LogP contribution in [0.5, 0.6) is 0 Å².